The Bertz CT molecular complexity index is 811. The van der Waals surface area contributed by atoms with Gasteiger partial charge in [-0.05, 0) is 36.2 Å². The highest BCUT2D eigenvalue weighted by Gasteiger charge is 2.11. The van der Waals surface area contributed by atoms with Gasteiger partial charge in [-0.3, -0.25) is 0 Å². The summed E-state index contributed by atoms with van der Waals surface area (Å²) < 4.78 is 16.8. The highest BCUT2D eigenvalue weighted by Crippen LogP contribution is 2.30. The molecule has 25 heavy (non-hydrogen) atoms. The minimum absolute atomic E-state index is 0.227. The summed E-state index contributed by atoms with van der Waals surface area (Å²) in [7, 11) is 1.62. The second-order valence-electron chi connectivity index (χ2n) is 5.60. The van der Waals surface area contributed by atoms with Crippen molar-refractivity contribution in [1.29, 1.82) is 0 Å². The van der Waals surface area contributed by atoms with Crippen molar-refractivity contribution in [3.8, 4) is 22.8 Å². The zero-order valence-corrected chi connectivity index (χ0v) is 14.3. The first-order valence-electron chi connectivity index (χ1n) is 8.20. The van der Waals surface area contributed by atoms with Gasteiger partial charge >= 0.3 is 0 Å². The molecule has 0 aliphatic heterocycles. The molecule has 2 aromatic carbocycles. The summed E-state index contributed by atoms with van der Waals surface area (Å²) in [6.07, 6.45) is 1.91. The maximum Gasteiger partial charge on any atom is 0.232 e. The molecule has 0 unspecified atom stereocenters. The van der Waals surface area contributed by atoms with E-state index in [1.54, 1.807) is 13.3 Å². The van der Waals surface area contributed by atoms with Crippen LogP contribution in [0, 0.1) is 0 Å². The van der Waals surface area contributed by atoms with Crippen LogP contribution in [0.5, 0.6) is 11.5 Å². The number of aliphatic hydroxyl groups excluding tert-OH is 1. The van der Waals surface area contributed by atoms with Gasteiger partial charge in [0.25, 0.3) is 0 Å². The number of hydrogen-bond acceptors (Lipinski definition) is 5. The van der Waals surface area contributed by atoms with Gasteiger partial charge in [-0.2, -0.15) is 0 Å². The Hall–Kier alpha value is -2.79. The van der Waals surface area contributed by atoms with Crippen molar-refractivity contribution in [2.75, 3.05) is 7.11 Å². The van der Waals surface area contributed by atoms with Gasteiger partial charge in [0, 0.05) is 0 Å². The molecule has 0 spiro atoms. The molecule has 0 bridgehead atoms. The van der Waals surface area contributed by atoms with E-state index in [9.17, 15) is 5.11 Å². The van der Waals surface area contributed by atoms with Crippen LogP contribution in [0.3, 0.4) is 0 Å². The summed E-state index contributed by atoms with van der Waals surface area (Å²) in [4.78, 5) is 4.25. The standard InChI is InChI=1S/C20H21NO4/c1-3-17(22)14-8-10-15(11-9-14)24-13-20-21-12-19(25-20)16-6-4-5-7-18(16)23-2/h4-12,17,22H,3,13H2,1-2H3/t17-/m0/s1. The average Bonchev–Trinajstić information content (AvgIpc) is 3.15. The third-order valence-electron chi connectivity index (χ3n) is 3.94. The van der Waals surface area contributed by atoms with Gasteiger partial charge < -0.3 is 19.0 Å². The van der Waals surface area contributed by atoms with Crippen LogP contribution in [0.4, 0.5) is 0 Å². The topological polar surface area (TPSA) is 64.7 Å². The average molecular weight is 339 g/mol. The zero-order valence-electron chi connectivity index (χ0n) is 14.3. The monoisotopic (exact) mass is 339 g/mol. The van der Waals surface area contributed by atoms with Gasteiger partial charge in [0.2, 0.25) is 5.89 Å². The molecule has 0 aliphatic rings. The van der Waals surface area contributed by atoms with Crippen molar-refractivity contribution in [2.24, 2.45) is 0 Å². The number of para-hydroxylation sites is 1. The molecule has 0 saturated heterocycles. The molecule has 3 rings (SSSR count). The summed E-state index contributed by atoms with van der Waals surface area (Å²) in [5.41, 5.74) is 1.73. The quantitative estimate of drug-likeness (QED) is 0.692. The van der Waals surface area contributed by atoms with Gasteiger partial charge in [-0.1, -0.05) is 31.2 Å². The van der Waals surface area contributed by atoms with Crippen LogP contribution in [0.25, 0.3) is 11.3 Å². The Morgan fingerprint density at radius 3 is 2.60 bits per heavy atom. The minimum Gasteiger partial charge on any atom is -0.496 e. The lowest BCUT2D eigenvalue weighted by Crippen LogP contribution is -1.97. The zero-order chi connectivity index (χ0) is 17.6. The van der Waals surface area contributed by atoms with Crippen molar-refractivity contribution < 1.29 is 19.0 Å². The first-order chi connectivity index (χ1) is 12.2. The highest BCUT2D eigenvalue weighted by molar-refractivity contribution is 5.64. The Morgan fingerprint density at radius 2 is 1.88 bits per heavy atom. The molecule has 1 aromatic heterocycles. The molecule has 0 fully saturated rings. The minimum atomic E-state index is -0.441. The molecule has 1 atom stereocenters. The number of benzene rings is 2. The van der Waals surface area contributed by atoms with E-state index in [1.165, 1.54) is 0 Å². The third kappa shape index (κ3) is 4.00. The van der Waals surface area contributed by atoms with Gasteiger partial charge in [0.15, 0.2) is 12.4 Å². The second-order valence-corrected chi connectivity index (χ2v) is 5.60. The predicted octanol–water partition coefficient (Wildman–Crippen LogP) is 4.37. The van der Waals surface area contributed by atoms with E-state index in [0.29, 0.717) is 23.8 Å². The molecule has 0 aliphatic carbocycles. The Morgan fingerprint density at radius 1 is 1.12 bits per heavy atom. The molecular formula is C20H21NO4. The molecule has 1 N–H and O–H groups in total. The Kier molecular flexibility index (Phi) is 5.36. The van der Waals surface area contributed by atoms with E-state index >= 15 is 0 Å². The van der Waals surface area contributed by atoms with Crippen LogP contribution < -0.4 is 9.47 Å². The third-order valence-corrected chi connectivity index (χ3v) is 3.94. The molecule has 0 saturated carbocycles. The summed E-state index contributed by atoms with van der Waals surface area (Å²) in [6, 6.07) is 15.0. The van der Waals surface area contributed by atoms with Crippen LogP contribution in [-0.2, 0) is 6.61 Å². The fourth-order valence-corrected chi connectivity index (χ4v) is 2.52. The number of nitrogens with zero attached hydrogens (tertiary/aromatic N) is 1. The van der Waals surface area contributed by atoms with Crippen molar-refractivity contribution in [3.63, 3.8) is 0 Å². The Labute approximate surface area is 146 Å². The van der Waals surface area contributed by atoms with E-state index in [1.807, 2.05) is 55.5 Å². The summed E-state index contributed by atoms with van der Waals surface area (Å²) in [5, 5.41) is 9.81. The summed E-state index contributed by atoms with van der Waals surface area (Å²) >= 11 is 0. The fraction of sp³-hybridized carbons (Fsp3) is 0.250. The first kappa shape index (κ1) is 17.0. The molecule has 130 valence electrons. The van der Waals surface area contributed by atoms with Crippen LogP contribution in [0.1, 0.15) is 30.9 Å². The smallest absolute Gasteiger partial charge is 0.232 e. The number of rotatable bonds is 7. The molecule has 1 heterocycles. The van der Waals surface area contributed by atoms with Gasteiger partial charge in [0.05, 0.1) is 25.0 Å². The summed E-state index contributed by atoms with van der Waals surface area (Å²) in [5.74, 6) is 2.55. The SMILES string of the molecule is CC[C@H](O)c1ccc(OCc2ncc(-c3ccccc3OC)o2)cc1. The maximum atomic E-state index is 9.81. The van der Waals surface area contributed by atoms with Gasteiger partial charge in [-0.15, -0.1) is 0 Å². The number of ether oxygens (including phenoxy) is 2. The van der Waals surface area contributed by atoms with E-state index in [2.05, 4.69) is 4.98 Å². The largest absolute Gasteiger partial charge is 0.496 e. The molecule has 5 heteroatoms. The van der Waals surface area contributed by atoms with E-state index < -0.39 is 6.10 Å². The van der Waals surface area contributed by atoms with Crippen molar-refractivity contribution in [3.05, 3.63) is 66.2 Å². The molecule has 5 nitrogen and oxygen atoms in total. The molecule has 0 amide bonds. The van der Waals surface area contributed by atoms with E-state index in [4.69, 9.17) is 13.9 Å². The number of methoxy groups -OCH3 is 1. The number of aliphatic hydroxyl groups is 1. The number of aromatic nitrogens is 1. The van der Waals surface area contributed by atoms with E-state index in [-0.39, 0.29) is 6.61 Å². The van der Waals surface area contributed by atoms with Crippen molar-refractivity contribution in [2.45, 2.75) is 26.1 Å². The first-order valence-corrected chi connectivity index (χ1v) is 8.20. The summed E-state index contributed by atoms with van der Waals surface area (Å²) in [6.45, 7) is 2.17. The molecule has 0 radical (unpaired) electrons. The van der Waals surface area contributed by atoms with Crippen molar-refractivity contribution >= 4 is 0 Å². The fourth-order valence-electron chi connectivity index (χ4n) is 2.52. The number of oxazole rings is 1. The lowest BCUT2D eigenvalue weighted by Gasteiger charge is -2.09. The van der Waals surface area contributed by atoms with E-state index in [0.717, 1.165) is 16.9 Å². The Balaban J connectivity index is 1.66. The van der Waals surface area contributed by atoms with Crippen LogP contribution in [-0.4, -0.2) is 17.2 Å². The van der Waals surface area contributed by atoms with Gasteiger partial charge in [-0.25, -0.2) is 4.98 Å². The predicted molar refractivity (Wildman–Crippen MR) is 94.5 cm³/mol. The van der Waals surface area contributed by atoms with Gasteiger partial charge in [0.1, 0.15) is 11.5 Å². The highest BCUT2D eigenvalue weighted by atomic mass is 16.5. The lowest BCUT2D eigenvalue weighted by molar-refractivity contribution is 0.173. The molecule has 3 aromatic rings. The second kappa shape index (κ2) is 7.85. The number of hydrogen-bond donors (Lipinski definition) is 1. The van der Waals surface area contributed by atoms with Crippen LogP contribution in [0.2, 0.25) is 0 Å². The lowest BCUT2D eigenvalue weighted by atomic mass is 10.1. The van der Waals surface area contributed by atoms with Crippen LogP contribution in [0.15, 0.2) is 59.1 Å². The normalized spacial score (nSPS) is 12.0. The molecular weight excluding hydrogens is 318 g/mol. The van der Waals surface area contributed by atoms with Crippen molar-refractivity contribution in [1.82, 2.24) is 4.98 Å². The van der Waals surface area contributed by atoms with Crippen LogP contribution >= 0.6 is 0 Å². The maximum absolute atomic E-state index is 9.81.